The van der Waals surface area contributed by atoms with Gasteiger partial charge in [-0.1, -0.05) is 12.1 Å². The highest BCUT2D eigenvalue weighted by molar-refractivity contribution is 7.90. The summed E-state index contributed by atoms with van der Waals surface area (Å²) in [6, 6.07) is 16.3. The fourth-order valence-electron chi connectivity index (χ4n) is 15.5. The largest absolute Gasteiger partial charge is 0.442 e. The molecule has 2 N–H and O–H groups in total. The Morgan fingerprint density at radius 3 is 1.33 bits per heavy atom. The summed E-state index contributed by atoms with van der Waals surface area (Å²) in [6.45, 7) is 25.8. The standard InChI is InChI=1S/C96H144F3N9O31S/c1-75(138-66-65-137-64-63-136-62-61-135-60-59-134-58-57-133-56-55-132-54-53-131-52-51-130-50-49-129-48-47-128-46-45-127-44-43-126-42-41-125-40-39-124-38-37-123-36-35-122-34-33-121-32-31-120-30-29-119-28-27-118-26-25-117-24-23-116-2)96(113)139-74-106-73-85(92(110)90-86(98)9-10-87(91(90)99)102-140(114,115)107-18-15-80(97)72-107)84-68-78(69-100-93(84)106)77-3-5-81(6-4-77)105-21-19-103(20-22-105)70-76-13-16-104(17-14-76)82-7-8-83-79(67-82)71-108(95(83)112)88-11-12-89(109)101-94(88)111/h3-10,67-69,73,75-76,80,88,102H,11-66,70-72,74H2,1-2H3,(H,101,109,111)/t75?,80-,88?/m1/s1. The van der Waals surface area contributed by atoms with E-state index in [1.54, 1.807) is 24.3 Å². The van der Waals surface area contributed by atoms with Crippen molar-refractivity contribution in [2.45, 2.75) is 70.6 Å². The lowest BCUT2D eigenvalue weighted by Gasteiger charge is -2.40. The SMILES string of the molecule is COCCOCCOCCOCCOCCOCCOCCOCCOCCOCCOCCOCCOCCOCCOCCOCCOCCOCCOCCOCCOCCOCCOC(C)C(=O)OCn1cc(C(=O)c2c(F)ccc(NS(=O)(=O)N3CC[C@@H](F)C3)c2F)c2cc(-c3ccc(N4CCN(CC5CCN(c6ccc7c(c6)CN(C6CCC(=O)NC6=O)C7=O)CC5)CC4)cc3)cnc21. The topological polar surface area (TPSA) is 399 Å². The maximum absolute atomic E-state index is 16.5. The molecule has 5 aliphatic heterocycles. The van der Waals surface area contributed by atoms with Crippen molar-refractivity contribution in [1.82, 2.24) is 29.0 Å². The summed E-state index contributed by atoms with van der Waals surface area (Å²) in [7, 11) is -2.87. The first-order valence-corrected chi connectivity index (χ1v) is 49.9. The van der Waals surface area contributed by atoms with Gasteiger partial charge in [-0.3, -0.25) is 38.7 Å². The summed E-state index contributed by atoms with van der Waals surface area (Å²) < 4.78 is 210. The van der Waals surface area contributed by atoms with Crippen LogP contribution in [0.5, 0.6) is 0 Å². The normalized spacial score (nSPS) is 16.5. The number of piperidine rings is 2. The molecule has 140 heavy (non-hydrogen) atoms. The minimum atomic E-state index is -4.51. The van der Waals surface area contributed by atoms with Gasteiger partial charge in [0.25, 0.3) is 5.91 Å². The van der Waals surface area contributed by atoms with Crippen LogP contribution in [0.15, 0.2) is 73.1 Å². The third kappa shape index (κ3) is 42.1. The molecule has 3 amide bonds. The first-order valence-electron chi connectivity index (χ1n) is 48.5. The molecule has 7 heterocycles. The van der Waals surface area contributed by atoms with Crippen LogP contribution < -0.4 is 19.8 Å². The maximum atomic E-state index is 16.5. The molecule has 5 aromatic rings. The molecular formula is C96H144F3N9O31S. The predicted octanol–water partition coefficient (Wildman–Crippen LogP) is 5.61. The molecule has 2 unspecified atom stereocenters. The van der Waals surface area contributed by atoms with Crippen LogP contribution in [0.3, 0.4) is 0 Å². The van der Waals surface area contributed by atoms with Gasteiger partial charge in [-0.15, -0.1) is 0 Å². The van der Waals surface area contributed by atoms with Crippen LogP contribution in [0.1, 0.15) is 70.9 Å². The summed E-state index contributed by atoms with van der Waals surface area (Å²) in [5.74, 6) is -5.12. The number of anilines is 3. The molecule has 786 valence electrons. The van der Waals surface area contributed by atoms with Crippen molar-refractivity contribution in [3.8, 4) is 11.1 Å². The van der Waals surface area contributed by atoms with Crippen LogP contribution in [0.4, 0.5) is 30.2 Å². The van der Waals surface area contributed by atoms with E-state index in [1.807, 2.05) is 36.4 Å². The highest BCUT2D eigenvalue weighted by Crippen LogP contribution is 2.36. The van der Waals surface area contributed by atoms with E-state index in [1.165, 1.54) is 17.7 Å². The Balaban J connectivity index is 0.482. The Morgan fingerprint density at radius 1 is 0.486 bits per heavy atom. The van der Waals surface area contributed by atoms with Crippen molar-refractivity contribution in [2.75, 3.05) is 371 Å². The highest BCUT2D eigenvalue weighted by Gasteiger charge is 2.40. The van der Waals surface area contributed by atoms with Crippen LogP contribution in [-0.4, -0.2) is 437 Å². The lowest BCUT2D eigenvalue weighted by Crippen LogP contribution is -2.52. The number of benzene rings is 3. The van der Waals surface area contributed by atoms with E-state index >= 15 is 8.78 Å². The Morgan fingerprint density at radius 2 is 0.907 bits per heavy atom. The summed E-state index contributed by atoms with van der Waals surface area (Å²) in [6.07, 6.45) is 2.82. The minimum absolute atomic E-state index is 0.0295. The summed E-state index contributed by atoms with van der Waals surface area (Å²) in [5.41, 5.74) is 2.91. The highest BCUT2D eigenvalue weighted by atomic mass is 32.2. The molecule has 5 aliphatic rings. The van der Waals surface area contributed by atoms with E-state index in [0.717, 1.165) is 92.0 Å². The molecule has 3 atom stereocenters. The van der Waals surface area contributed by atoms with Crippen LogP contribution in [0.25, 0.3) is 22.2 Å². The number of carbonyl (C=O) groups excluding carboxylic acids is 5. The number of piperazine rings is 1. The van der Waals surface area contributed by atoms with Crippen molar-refractivity contribution in [3.05, 3.63) is 107 Å². The number of pyridine rings is 1. The van der Waals surface area contributed by atoms with Gasteiger partial charge in [0.1, 0.15) is 23.7 Å². The zero-order valence-electron chi connectivity index (χ0n) is 81.0. The molecule has 40 nitrogen and oxygen atoms in total. The third-order valence-corrected chi connectivity index (χ3v) is 24.5. The molecule has 4 fully saturated rings. The molecule has 44 heteroatoms. The summed E-state index contributed by atoms with van der Waals surface area (Å²) in [4.78, 5) is 79.2. The number of ketones is 1. The van der Waals surface area contributed by atoms with Gasteiger partial charge in [-0.2, -0.15) is 12.7 Å². The van der Waals surface area contributed by atoms with Crippen molar-refractivity contribution < 1.29 is 159 Å². The van der Waals surface area contributed by atoms with E-state index in [0.29, 0.717) is 300 Å². The molecule has 2 aromatic heterocycles. The third-order valence-electron chi connectivity index (χ3n) is 23.0. The molecule has 4 saturated heterocycles. The number of fused-ring (bicyclic) bond motifs is 2. The van der Waals surface area contributed by atoms with Gasteiger partial charge < -0.3 is 128 Å². The monoisotopic (exact) mass is 2010 g/mol. The number of ether oxygens (including phenoxy) is 24. The second kappa shape index (κ2) is 67.8. The maximum Gasteiger partial charge on any atom is 0.336 e. The minimum Gasteiger partial charge on any atom is -0.442 e. The molecular weight excluding hydrogens is 1860 g/mol. The molecule has 0 saturated carbocycles. The van der Waals surface area contributed by atoms with Crippen molar-refractivity contribution >= 4 is 67.8 Å². The second-order valence-corrected chi connectivity index (χ2v) is 34.7. The number of rotatable bonds is 81. The van der Waals surface area contributed by atoms with Gasteiger partial charge in [0.05, 0.1) is 308 Å². The van der Waals surface area contributed by atoms with E-state index in [4.69, 9.17) is 114 Å². The molecule has 3 aromatic carbocycles. The number of carbonyl (C=O) groups is 5. The fourth-order valence-corrected chi connectivity index (χ4v) is 16.8. The smallest absolute Gasteiger partial charge is 0.336 e. The predicted molar refractivity (Wildman–Crippen MR) is 505 cm³/mol. The Kier molecular flexibility index (Phi) is 55.3. The van der Waals surface area contributed by atoms with E-state index in [9.17, 15) is 36.8 Å². The Hall–Kier alpha value is -7.76. The van der Waals surface area contributed by atoms with Crippen LogP contribution in [0, 0.1) is 17.6 Å². The second-order valence-electron chi connectivity index (χ2n) is 33.0. The van der Waals surface area contributed by atoms with Gasteiger partial charge in [0.15, 0.2) is 18.7 Å². The first-order chi connectivity index (χ1) is 68.5. The summed E-state index contributed by atoms with van der Waals surface area (Å²) >= 11 is 0. The average molecular weight is 2010 g/mol. The number of hydrogen-bond acceptors (Lipinski definition) is 35. The van der Waals surface area contributed by atoms with E-state index in [-0.39, 0.29) is 74.2 Å². The van der Waals surface area contributed by atoms with Gasteiger partial charge >= 0.3 is 16.2 Å². The quantitative estimate of drug-likeness (QED) is 0.0206. The average Bonchev–Trinajstić information content (AvgIpc) is 1.58. The number of imide groups is 1. The molecule has 0 bridgehead atoms. The number of amides is 3. The molecule has 0 radical (unpaired) electrons. The number of methoxy groups -OCH3 is 1. The fraction of sp³-hybridized carbons (Fsp3) is 0.688. The van der Waals surface area contributed by atoms with Gasteiger partial charge in [-0.05, 0) is 98.2 Å². The summed E-state index contributed by atoms with van der Waals surface area (Å²) in [5, 5.41) is 2.51. The Labute approximate surface area is 818 Å². The number of nitrogens with one attached hydrogen (secondary N) is 2. The lowest BCUT2D eigenvalue weighted by molar-refractivity contribution is -0.160. The number of halogens is 3. The first kappa shape index (κ1) is 114. The number of aromatic nitrogens is 2. The van der Waals surface area contributed by atoms with Gasteiger partial charge in [0.2, 0.25) is 17.6 Å². The Bertz CT molecular complexity index is 4450. The molecule has 0 spiro atoms. The van der Waals surface area contributed by atoms with Crippen molar-refractivity contribution in [2.24, 2.45) is 5.92 Å². The van der Waals surface area contributed by atoms with Gasteiger partial charge in [-0.25, -0.2) is 22.9 Å². The lowest BCUT2D eigenvalue weighted by atomic mass is 9.95. The molecule has 0 aliphatic carbocycles. The number of hydrogen-bond donors (Lipinski definition) is 2. The van der Waals surface area contributed by atoms with Crippen LogP contribution >= 0.6 is 0 Å². The van der Waals surface area contributed by atoms with Crippen molar-refractivity contribution in [1.29, 1.82) is 0 Å². The van der Waals surface area contributed by atoms with Crippen LogP contribution in [0.2, 0.25) is 0 Å². The zero-order chi connectivity index (χ0) is 98.7. The van der Waals surface area contributed by atoms with Gasteiger partial charge in [0, 0.05) is 119 Å². The number of esters is 1. The van der Waals surface area contributed by atoms with E-state index < -0.39 is 82.3 Å². The molecule has 10 rings (SSSR count). The van der Waals surface area contributed by atoms with E-state index in [2.05, 4.69) is 35.8 Å². The zero-order valence-corrected chi connectivity index (χ0v) is 81.8. The number of nitrogens with zero attached hydrogens (tertiary/aromatic N) is 7. The number of alkyl halides is 1. The van der Waals surface area contributed by atoms with Crippen LogP contribution in [-0.2, 0) is 152 Å². The van der Waals surface area contributed by atoms with Crippen molar-refractivity contribution in [3.63, 3.8) is 0 Å².